The average molecular weight is 199 g/mol. The highest BCUT2D eigenvalue weighted by Gasteiger charge is 2.26. The van der Waals surface area contributed by atoms with E-state index in [1.54, 1.807) is 0 Å². The summed E-state index contributed by atoms with van der Waals surface area (Å²) in [6.07, 6.45) is 0.886. The molecule has 4 nitrogen and oxygen atoms in total. The monoisotopic (exact) mass is 199 g/mol. The fourth-order valence-corrected chi connectivity index (χ4v) is 1.65. The van der Waals surface area contributed by atoms with Gasteiger partial charge in [0.2, 0.25) is 5.91 Å². The quantitative estimate of drug-likeness (QED) is 0.678. The second-order valence-corrected chi connectivity index (χ2v) is 4.04. The Morgan fingerprint density at radius 2 is 2.29 bits per heavy atom. The van der Waals surface area contributed by atoms with Crippen LogP contribution in [0.3, 0.4) is 0 Å². The molecule has 1 amide bonds. The van der Waals surface area contributed by atoms with Gasteiger partial charge in [-0.1, -0.05) is 6.92 Å². The van der Waals surface area contributed by atoms with Crippen LogP contribution in [-0.2, 0) is 4.79 Å². The van der Waals surface area contributed by atoms with E-state index >= 15 is 0 Å². The maximum Gasteiger partial charge on any atom is 0.239 e. The summed E-state index contributed by atoms with van der Waals surface area (Å²) in [4.78, 5) is 15.9. The number of piperazine rings is 1. The summed E-state index contributed by atoms with van der Waals surface area (Å²) in [5, 5.41) is 3.23. The maximum absolute atomic E-state index is 11.8. The topological polar surface area (TPSA) is 35.6 Å². The zero-order valence-electron chi connectivity index (χ0n) is 9.42. The second kappa shape index (κ2) is 5.32. The lowest BCUT2D eigenvalue weighted by Gasteiger charge is -2.33. The molecule has 0 aromatic heterocycles. The Labute approximate surface area is 86.2 Å². The van der Waals surface area contributed by atoms with Crippen molar-refractivity contribution in [3.8, 4) is 0 Å². The van der Waals surface area contributed by atoms with Gasteiger partial charge in [-0.3, -0.25) is 4.79 Å². The number of hydrogen-bond donors (Lipinski definition) is 1. The normalized spacial score (nSPS) is 23.3. The van der Waals surface area contributed by atoms with Crippen molar-refractivity contribution in [3.63, 3.8) is 0 Å². The van der Waals surface area contributed by atoms with Crippen LogP contribution in [0.1, 0.15) is 13.3 Å². The van der Waals surface area contributed by atoms with E-state index in [-0.39, 0.29) is 11.9 Å². The standard InChI is InChI=1S/C10H21N3O/c1-4-9-10(14)13(6-5-11-9)8-7-12(2)3/h9,11H,4-8H2,1-3H3. The van der Waals surface area contributed by atoms with E-state index < -0.39 is 0 Å². The highest BCUT2D eigenvalue weighted by atomic mass is 16.2. The van der Waals surface area contributed by atoms with Crippen molar-refractivity contribution >= 4 is 5.91 Å². The van der Waals surface area contributed by atoms with Crippen LogP contribution < -0.4 is 5.32 Å². The molecule has 0 aliphatic carbocycles. The lowest BCUT2D eigenvalue weighted by Crippen LogP contribution is -2.55. The number of carbonyl (C=O) groups excluding carboxylic acids is 1. The number of hydrogen-bond acceptors (Lipinski definition) is 3. The van der Waals surface area contributed by atoms with Gasteiger partial charge in [-0.2, -0.15) is 0 Å². The van der Waals surface area contributed by atoms with Crippen molar-refractivity contribution in [2.45, 2.75) is 19.4 Å². The van der Waals surface area contributed by atoms with Crippen LogP contribution in [0.5, 0.6) is 0 Å². The van der Waals surface area contributed by atoms with E-state index in [0.717, 1.165) is 32.6 Å². The Bertz CT molecular complexity index is 194. The lowest BCUT2D eigenvalue weighted by atomic mass is 10.1. The van der Waals surface area contributed by atoms with Gasteiger partial charge in [-0.15, -0.1) is 0 Å². The zero-order chi connectivity index (χ0) is 10.6. The van der Waals surface area contributed by atoms with Crippen molar-refractivity contribution in [1.29, 1.82) is 0 Å². The summed E-state index contributed by atoms with van der Waals surface area (Å²) >= 11 is 0. The third kappa shape index (κ3) is 2.96. The zero-order valence-corrected chi connectivity index (χ0v) is 9.42. The molecule has 82 valence electrons. The van der Waals surface area contributed by atoms with E-state index in [2.05, 4.69) is 10.2 Å². The molecule has 1 N–H and O–H groups in total. The fourth-order valence-electron chi connectivity index (χ4n) is 1.65. The molecule has 0 aromatic rings. The molecule has 0 bridgehead atoms. The van der Waals surface area contributed by atoms with E-state index in [9.17, 15) is 4.79 Å². The molecule has 1 unspecified atom stereocenters. The summed E-state index contributed by atoms with van der Waals surface area (Å²) in [5.41, 5.74) is 0. The summed E-state index contributed by atoms with van der Waals surface area (Å²) in [6.45, 7) is 5.62. The van der Waals surface area contributed by atoms with Gasteiger partial charge < -0.3 is 15.1 Å². The van der Waals surface area contributed by atoms with Crippen LogP contribution in [-0.4, -0.2) is 62.0 Å². The molecule has 0 aromatic carbocycles. The molecule has 14 heavy (non-hydrogen) atoms. The molecule has 1 aliphatic rings. The summed E-state index contributed by atoms with van der Waals surface area (Å²) in [5.74, 6) is 0.264. The number of nitrogens with one attached hydrogen (secondary N) is 1. The van der Waals surface area contributed by atoms with Gasteiger partial charge in [-0.25, -0.2) is 0 Å². The molecular formula is C10H21N3O. The third-order valence-corrected chi connectivity index (χ3v) is 2.61. The minimum Gasteiger partial charge on any atom is -0.339 e. The Hall–Kier alpha value is -0.610. The Morgan fingerprint density at radius 3 is 2.86 bits per heavy atom. The van der Waals surface area contributed by atoms with Crippen molar-refractivity contribution < 1.29 is 4.79 Å². The van der Waals surface area contributed by atoms with Gasteiger partial charge in [0.25, 0.3) is 0 Å². The highest BCUT2D eigenvalue weighted by Crippen LogP contribution is 2.04. The SMILES string of the molecule is CCC1NCCN(CCN(C)C)C1=O. The van der Waals surface area contributed by atoms with Crippen LogP contribution >= 0.6 is 0 Å². The van der Waals surface area contributed by atoms with Gasteiger partial charge >= 0.3 is 0 Å². The number of likely N-dealkylation sites (N-methyl/N-ethyl adjacent to an activating group) is 1. The van der Waals surface area contributed by atoms with Crippen molar-refractivity contribution in [1.82, 2.24) is 15.1 Å². The predicted octanol–water partition coefficient (Wildman–Crippen LogP) is -0.242. The van der Waals surface area contributed by atoms with Gasteiger partial charge in [0.1, 0.15) is 0 Å². The average Bonchev–Trinajstić information content (AvgIpc) is 2.16. The molecule has 0 saturated carbocycles. The molecule has 1 atom stereocenters. The van der Waals surface area contributed by atoms with Crippen LogP contribution in [0.4, 0.5) is 0 Å². The minimum atomic E-state index is 0.0471. The largest absolute Gasteiger partial charge is 0.339 e. The molecule has 1 heterocycles. The van der Waals surface area contributed by atoms with E-state index in [1.165, 1.54) is 0 Å². The summed E-state index contributed by atoms with van der Waals surface area (Å²) < 4.78 is 0. The molecule has 1 saturated heterocycles. The molecule has 0 radical (unpaired) electrons. The van der Waals surface area contributed by atoms with Crippen LogP contribution in [0.2, 0.25) is 0 Å². The molecule has 1 rings (SSSR count). The second-order valence-electron chi connectivity index (χ2n) is 4.04. The fraction of sp³-hybridized carbons (Fsp3) is 0.900. The van der Waals surface area contributed by atoms with E-state index in [4.69, 9.17) is 0 Å². The third-order valence-electron chi connectivity index (χ3n) is 2.61. The molecule has 4 heteroatoms. The maximum atomic E-state index is 11.8. The van der Waals surface area contributed by atoms with Gasteiger partial charge in [0.05, 0.1) is 6.04 Å². The molecule has 0 spiro atoms. The minimum absolute atomic E-state index is 0.0471. The van der Waals surface area contributed by atoms with Gasteiger partial charge in [0.15, 0.2) is 0 Å². The van der Waals surface area contributed by atoms with E-state index in [0.29, 0.717) is 0 Å². The first-order valence-electron chi connectivity index (χ1n) is 5.32. The number of nitrogens with zero attached hydrogens (tertiary/aromatic N) is 2. The summed E-state index contributed by atoms with van der Waals surface area (Å²) in [7, 11) is 4.06. The van der Waals surface area contributed by atoms with Crippen molar-refractivity contribution in [2.24, 2.45) is 0 Å². The van der Waals surface area contributed by atoms with E-state index in [1.807, 2.05) is 25.9 Å². The molecule has 1 fully saturated rings. The highest BCUT2D eigenvalue weighted by molar-refractivity contribution is 5.82. The molecule has 1 aliphatic heterocycles. The van der Waals surface area contributed by atoms with Gasteiger partial charge in [0, 0.05) is 26.2 Å². The van der Waals surface area contributed by atoms with Crippen LogP contribution in [0, 0.1) is 0 Å². The van der Waals surface area contributed by atoms with Crippen LogP contribution in [0.25, 0.3) is 0 Å². The number of amides is 1. The van der Waals surface area contributed by atoms with Crippen LogP contribution in [0.15, 0.2) is 0 Å². The van der Waals surface area contributed by atoms with Gasteiger partial charge in [-0.05, 0) is 20.5 Å². The Balaban J connectivity index is 2.40. The van der Waals surface area contributed by atoms with Crippen molar-refractivity contribution in [3.05, 3.63) is 0 Å². The van der Waals surface area contributed by atoms with Crippen molar-refractivity contribution in [2.75, 3.05) is 40.3 Å². The Kier molecular flexibility index (Phi) is 4.35. The first-order chi connectivity index (χ1) is 6.65. The first-order valence-corrected chi connectivity index (χ1v) is 5.32. The molecular weight excluding hydrogens is 178 g/mol. The Morgan fingerprint density at radius 1 is 1.57 bits per heavy atom. The first kappa shape index (κ1) is 11.5. The predicted molar refractivity (Wildman–Crippen MR) is 57.2 cm³/mol. The number of rotatable bonds is 4. The number of carbonyl (C=O) groups is 1. The summed E-state index contributed by atoms with van der Waals surface area (Å²) in [6, 6.07) is 0.0471. The smallest absolute Gasteiger partial charge is 0.239 e. The lowest BCUT2D eigenvalue weighted by molar-refractivity contribution is -0.135.